The minimum atomic E-state index is 0.467. The Hall–Kier alpha value is -3.13. The van der Waals surface area contributed by atoms with Crippen LogP contribution in [0.1, 0.15) is 16.8 Å². The summed E-state index contributed by atoms with van der Waals surface area (Å²) in [6.45, 7) is 0. The van der Waals surface area contributed by atoms with Crippen molar-refractivity contribution in [3.05, 3.63) is 59.5 Å². The first kappa shape index (κ1) is 12.9. The third-order valence-corrected chi connectivity index (χ3v) is 3.11. The molecule has 0 bridgehead atoms. The van der Waals surface area contributed by atoms with Gasteiger partial charge in [-0.1, -0.05) is 18.2 Å². The minimum absolute atomic E-state index is 0.467. The first-order valence-corrected chi connectivity index (χ1v) is 6.37. The molecule has 5 heteroatoms. The van der Waals surface area contributed by atoms with Crippen LogP contribution in [-0.4, -0.2) is 21.7 Å². The molecule has 3 aromatic rings. The number of ether oxygens (including phenoxy) is 1. The maximum atomic E-state index is 9.00. The monoisotopic (exact) mass is 276 g/mol. The molecular weight excluding hydrogens is 264 g/mol. The van der Waals surface area contributed by atoms with Crippen LogP contribution < -0.4 is 4.74 Å². The predicted octanol–water partition coefficient (Wildman–Crippen LogP) is 2.78. The highest BCUT2D eigenvalue weighted by Crippen LogP contribution is 2.15. The summed E-state index contributed by atoms with van der Waals surface area (Å²) in [5, 5.41) is 13.2. The summed E-state index contributed by atoms with van der Waals surface area (Å²) in [6, 6.07) is 11.7. The number of aromatic nitrogens is 3. The van der Waals surface area contributed by atoms with Crippen LogP contribution in [0.15, 0.2) is 42.7 Å². The molecule has 0 radical (unpaired) electrons. The summed E-state index contributed by atoms with van der Waals surface area (Å²) < 4.78 is 6.78. The molecule has 0 saturated heterocycles. The second-order valence-corrected chi connectivity index (χ2v) is 4.38. The van der Waals surface area contributed by atoms with Crippen molar-refractivity contribution in [1.82, 2.24) is 14.6 Å². The van der Waals surface area contributed by atoms with Crippen LogP contribution in [0.4, 0.5) is 0 Å². The van der Waals surface area contributed by atoms with Gasteiger partial charge in [0.25, 0.3) is 0 Å². The standard InChI is InChI=1S/C16H12N4O/c1-21-15-6-3-12(4-7-15)2-5-14-8-9-18-16-13(10-17)11-19-20(14)16/h2-9,11H,1H3/b5-2-. The summed E-state index contributed by atoms with van der Waals surface area (Å²) in [5.74, 6) is 0.823. The van der Waals surface area contributed by atoms with Gasteiger partial charge in [0.15, 0.2) is 5.65 Å². The molecule has 3 rings (SSSR count). The lowest BCUT2D eigenvalue weighted by molar-refractivity contribution is 0.415. The summed E-state index contributed by atoms with van der Waals surface area (Å²) in [5.41, 5.74) is 2.94. The molecule has 2 aromatic heterocycles. The first-order chi connectivity index (χ1) is 10.3. The predicted molar refractivity (Wildman–Crippen MR) is 79.6 cm³/mol. The van der Waals surface area contributed by atoms with E-state index in [1.165, 1.54) is 6.20 Å². The Kier molecular flexibility index (Phi) is 3.36. The number of hydrogen-bond acceptors (Lipinski definition) is 4. The molecule has 0 aliphatic carbocycles. The fourth-order valence-corrected chi connectivity index (χ4v) is 2.01. The van der Waals surface area contributed by atoms with Crippen molar-refractivity contribution in [2.45, 2.75) is 0 Å². The lowest BCUT2D eigenvalue weighted by Crippen LogP contribution is -1.94. The van der Waals surface area contributed by atoms with Gasteiger partial charge in [-0.05, 0) is 29.8 Å². The van der Waals surface area contributed by atoms with E-state index >= 15 is 0 Å². The molecular formula is C16H12N4O. The highest BCUT2D eigenvalue weighted by atomic mass is 16.5. The summed E-state index contributed by atoms with van der Waals surface area (Å²) >= 11 is 0. The van der Waals surface area contributed by atoms with Gasteiger partial charge in [0.2, 0.25) is 0 Å². The smallest absolute Gasteiger partial charge is 0.173 e. The van der Waals surface area contributed by atoms with E-state index in [1.807, 2.05) is 42.5 Å². The Bertz CT molecular complexity index is 841. The molecule has 21 heavy (non-hydrogen) atoms. The molecule has 0 spiro atoms. The highest BCUT2D eigenvalue weighted by molar-refractivity contribution is 5.70. The van der Waals surface area contributed by atoms with Crippen molar-refractivity contribution in [2.75, 3.05) is 7.11 Å². The lowest BCUT2D eigenvalue weighted by Gasteiger charge is -2.00. The molecule has 5 nitrogen and oxygen atoms in total. The molecule has 2 heterocycles. The molecule has 1 aromatic carbocycles. The summed E-state index contributed by atoms with van der Waals surface area (Å²) in [7, 11) is 1.64. The van der Waals surface area contributed by atoms with E-state index in [9.17, 15) is 0 Å². The number of hydrogen-bond donors (Lipinski definition) is 0. The van der Waals surface area contributed by atoms with Crippen molar-refractivity contribution in [3.8, 4) is 11.8 Å². The SMILES string of the molecule is COc1ccc(/C=C\c2ccnc3c(C#N)cnn23)cc1. The summed E-state index contributed by atoms with van der Waals surface area (Å²) in [6.07, 6.45) is 7.10. The van der Waals surface area contributed by atoms with Crippen LogP contribution in [0.5, 0.6) is 5.75 Å². The maximum absolute atomic E-state index is 9.00. The maximum Gasteiger partial charge on any atom is 0.173 e. The van der Waals surface area contributed by atoms with Crippen molar-refractivity contribution in [1.29, 1.82) is 5.26 Å². The Morgan fingerprint density at radius 2 is 2.00 bits per heavy atom. The Labute approximate surface area is 121 Å². The van der Waals surface area contributed by atoms with E-state index in [1.54, 1.807) is 17.8 Å². The average molecular weight is 276 g/mol. The Morgan fingerprint density at radius 3 is 2.71 bits per heavy atom. The zero-order valence-corrected chi connectivity index (χ0v) is 11.4. The number of nitriles is 1. The first-order valence-electron chi connectivity index (χ1n) is 6.37. The molecule has 0 unspecified atom stereocenters. The molecule has 0 fully saturated rings. The van der Waals surface area contributed by atoms with E-state index in [0.29, 0.717) is 11.2 Å². The van der Waals surface area contributed by atoms with Gasteiger partial charge < -0.3 is 4.74 Å². The van der Waals surface area contributed by atoms with Gasteiger partial charge in [0.1, 0.15) is 17.4 Å². The second kappa shape index (κ2) is 5.47. The molecule has 102 valence electrons. The number of fused-ring (bicyclic) bond motifs is 1. The van der Waals surface area contributed by atoms with E-state index in [0.717, 1.165) is 17.0 Å². The topological polar surface area (TPSA) is 63.2 Å². The lowest BCUT2D eigenvalue weighted by atomic mass is 10.2. The van der Waals surface area contributed by atoms with Crippen LogP contribution in [0.25, 0.3) is 17.8 Å². The number of benzene rings is 1. The van der Waals surface area contributed by atoms with Crippen LogP contribution in [0.3, 0.4) is 0 Å². The van der Waals surface area contributed by atoms with E-state index < -0.39 is 0 Å². The van der Waals surface area contributed by atoms with Crippen LogP contribution in [0.2, 0.25) is 0 Å². The molecule has 0 atom stereocenters. The zero-order chi connectivity index (χ0) is 14.7. The molecule has 0 aliphatic heterocycles. The molecule has 0 saturated carbocycles. The number of methoxy groups -OCH3 is 1. The van der Waals surface area contributed by atoms with Gasteiger partial charge in [-0.15, -0.1) is 0 Å². The second-order valence-electron chi connectivity index (χ2n) is 4.38. The van der Waals surface area contributed by atoms with Crippen molar-refractivity contribution >= 4 is 17.8 Å². The molecule has 0 aliphatic rings. The third kappa shape index (κ3) is 2.47. The van der Waals surface area contributed by atoms with E-state index in [2.05, 4.69) is 16.2 Å². The average Bonchev–Trinajstić information content (AvgIpc) is 2.97. The van der Waals surface area contributed by atoms with Crippen LogP contribution in [-0.2, 0) is 0 Å². The number of rotatable bonds is 3. The van der Waals surface area contributed by atoms with Gasteiger partial charge in [0.05, 0.1) is 19.0 Å². The third-order valence-electron chi connectivity index (χ3n) is 3.11. The normalized spacial score (nSPS) is 10.9. The summed E-state index contributed by atoms with van der Waals surface area (Å²) in [4.78, 5) is 4.18. The van der Waals surface area contributed by atoms with E-state index in [4.69, 9.17) is 10.00 Å². The van der Waals surface area contributed by atoms with Crippen molar-refractivity contribution in [2.24, 2.45) is 0 Å². The highest BCUT2D eigenvalue weighted by Gasteiger charge is 2.05. The largest absolute Gasteiger partial charge is 0.497 e. The molecule has 0 amide bonds. The molecule has 0 N–H and O–H groups in total. The van der Waals surface area contributed by atoms with Crippen LogP contribution >= 0.6 is 0 Å². The zero-order valence-electron chi connectivity index (χ0n) is 11.4. The minimum Gasteiger partial charge on any atom is -0.497 e. The van der Waals surface area contributed by atoms with Crippen molar-refractivity contribution < 1.29 is 4.74 Å². The number of nitrogens with zero attached hydrogens (tertiary/aromatic N) is 4. The van der Waals surface area contributed by atoms with Crippen LogP contribution in [0, 0.1) is 11.3 Å². The fraction of sp³-hybridized carbons (Fsp3) is 0.0625. The van der Waals surface area contributed by atoms with Gasteiger partial charge in [-0.3, -0.25) is 0 Å². The van der Waals surface area contributed by atoms with Crippen molar-refractivity contribution in [3.63, 3.8) is 0 Å². The van der Waals surface area contributed by atoms with E-state index in [-0.39, 0.29) is 0 Å². The van der Waals surface area contributed by atoms with Gasteiger partial charge in [-0.25, -0.2) is 9.50 Å². The van der Waals surface area contributed by atoms with Gasteiger partial charge in [-0.2, -0.15) is 10.4 Å². The Balaban J connectivity index is 1.95. The van der Waals surface area contributed by atoms with Gasteiger partial charge in [0, 0.05) is 6.20 Å². The fourth-order valence-electron chi connectivity index (χ4n) is 2.01. The van der Waals surface area contributed by atoms with Gasteiger partial charge >= 0.3 is 0 Å². The quantitative estimate of drug-likeness (QED) is 0.738. The Morgan fingerprint density at radius 1 is 1.19 bits per heavy atom.